The van der Waals surface area contributed by atoms with Gasteiger partial charge in [0.05, 0.1) is 11.9 Å². The van der Waals surface area contributed by atoms with Gasteiger partial charge < -0.3 is 15.3 Å². The molecular formula is C23H29N5O2. The molecule has 2 N–H and O–H groups in total. The predicted molar refractivity (Wildman–Crippen MR) is 118 cm³/mol. The molecule has 0 radical (unpaired) electrons. The van der Waals surface area contributed by atoms with Gasteiger partial charge in [0, 0.05) is 43.2 Å². The number of aromatic hydroxyl groups is 1. The van der Waals surface area contributed by atoms with Crippen LogP contribution in [0.3, 0.4) is 0 Å². The van der Waals surface area contributed by atoms with E-state index in [2.05, 4.69) is 10.4 Å². The number of amides is 1. The molecule has 1 fully saturated rings. The first kappa shape index (κ1) is 20.2. The third kappa shape index (κ3) is 4.10. The fourth-order valence-electron chi connectivity index (χ4n) is 4.15. The SMILES string of the molecule is Cc1cnn2c(NCCCN(C)C(=O)C3CCCC3)cc(-c3ccccc3O)nc12. The van der Waals surface area contributed by atoms with Crippen LogP contribution in [0.15, 0.2) is 36.5 Å². The lowest BCUT2D eigenvalue weighted by molar-refractivity contribution is -0.134. The second kappa shape index (κ2) is 8.73. The number of phenolic OH excluding ortho intramolecular Hbond substituents is 1. The molecule has 0 aliphatic heterocycles. The van der Waals surface area contributed by atoms with E-state index in [1.807, 2.05) is 37.1 Å². The summed E-state index contributed by atoms with van der Waals surface area (Å²) in [5.41, 5.74) is 3.11. The van der Waals surface area contributed by atoms with Gasteiger partial charge in [-0.25, -0.2) is 4.98 Å². The lowest BCUT2D eigenvalue weighted by atomic mass is 10.1. The van der Waals surface area contributed by atoms with E-state index in [0.717, 1.165) is 42.8 Å². The molecule has 0 spiro atoms. The highest BCUT2D eigenvalue weighted by atomic mass is 16.3. The van der Waals surface area contributed by atoms with E-state index in [4.69, 9.17) is 4.98 Å². The van der Waals surface area contributed by atoms with Crippen molar-refractivity contribution < 1.29 is 9.90 Å². The fourth-order valence-corrected chi connectivity index (χ4v) is 4.15. The zero-order chi connectivity index (χ0) is 21.1. The number of rotatable bonds is 7. The van der Waals surface area contributed by atoms with Gasteiger partial charge in [0.25, 0.3) is 0 Å². The van der Waals surface area contributed by atoms with E-state index in [0.29, 0.717) is 17.8 Å². The first-order chi connectivity index (χ1) is 14.5. The molecule has 3 aromatic rings. The number of aromatic nitrogens is 3. The molecule has 0 bridgehead atoms. The molecule has 1 aromatic carbocycles. The average Bonchev–Trinajstić information content (AvgIpc) is 3.41. The van der Waals surface area contributed by atoms with Gasteiger partial charge in [0.2, 0.25) is 5.91 Å². The highest BCUT2D eigenvalue weighted by Crippen LogP contribution is 2.30. The standard InChI is InChI=1S/C23H29N5O2/c1-16-15-25-28-21(14-19(26-22(16)28)18-10-5-6-11-20(18)29)24-12-7-13-27(2)23(30)17-8-3-4-9-17/h5-6,10-11,14-15,17,24,29H,3-4,7-9,12-13H2,1-2H3. The maximum atomic E-state index is 12.5. The minimum absolute atomic E-state index is 0.199. The van der Waals surface area contributed by atoms with Crippen molar-refractivity contribution >= 4 is 17.4 Å². The number of nitrogens with one attached hydrogen (secondary N) is 1. The van der Waals surface area contributed by atoms with E-state index in [-0.39, 0.29) is 17.6 Å². The number of anilines is 1. The summed E-state index contributed by atoms with van der Waals surface area (Å²) in [5.74, 6) is 1.51. The van der Waals surface area contributed by atoms with Crippen LogP contribution in [-0.4, -0.2) is 50.6 Å². The number of fused-ring (bicyclic) bond motifs is 1. The Bertz CT molecular complexity index is 1040. The number of aryl methyl sites for hydroxylation is 1. The number of phenols is 1. The van der Waals surface area contributed by atoms with Gasteiger partial charge in [0.15, 0.2) is 5.65 Å². The minimum Gasteiger partial charge on any atom is -0.507 e. The molecule has 0 atom stereocenters. The number of nitrogens with zero attached hydrogens (tertiary/aromatic N) is 4. The number of hydrogen-bond donors (Lipinski definition) is 2. The van der Waals surface area contributed by atoms with E-state index < -0.39 is 0 Å². The van der Waals surface area contributed by atoms with Crippen molar-refractivity contribution in [2.45, 2.75) is 39.0 Å². The Hall–Kier alpha value is -3.09. The molecule has 1 amide bonds. The molecule has 7 heteroatoms. The highest BCUT2D eigenvalue weighted by Gasteiger charge is 2.25. The van der Waals surface area contributed by atoms with Crippen LogP contribution in [0.4, 0.5) is 5.82 Å². The van der Waals surface area contributed by atoms with Crippen molar-refractivity contribution in [1.29, 1.82) is 0 Å². The second-order valence-corrected chi connectivity index (χ2v) is 8.13. The molecule has 1 aliphatic carbocycles. The summed E-state index contributed by atoms with van der Waals surface area (Å²) in [6.07, 6.45) is 7.04. The second-order valence-electron chi connectivity index (χ2n) is 8.13. The molecule has 2 aromatic heterocycles. The van der Waals surface area contributed by atoms with Crippen molar-refractivity contribution in [3.05, 3.63) is 42.1 Å². The molecule has 30 heavy (non-hydrogen) atoms. The first-order valence-electron chi connectivity index (χ1n) is 10.7. The summed E-state index contributed by atoms with van der Waals surface area (Å²) in [4.78, 5) is 19.0. The van der Waals surface area contributed by atoms with E-state index in [1.165, 1.54) is 12.8 Å². The van der Waals surface area contributed by atoms with Gasteiger partial charge in [-0.1, -0.05) is 25.0 Å². The summed E-state index contributed by atoms with van der Waals surface area (Å²) >= 11 is 0. The topological polar surface area (TPSA) is 82.8 Å². The molecule has 0 saturated heterocycles. The number of para-hydroxylation sites is 1. The predicted octanol–water partition coefficient (Wildman–Crippen LogP) is 3.86. The first-order valence-corrected chi connectivity index (χ1v) is 10.7. The van der Waals surface area contributed by atoms with Gasteiger partial charge in [-0.2, -0.15) is 9.61 Å². The van der Waals surface area contributed by atoms with Gasteiger partial charge in [0.1, 0.15) is 11.6 Å². The van der Waals surface area contributed by atoms with Gasteiger partial charge in [-0.15, -0.1) is 0 Å². The van der Waals surface area contributed by atoms with Crippen LogP contribution in [0.5, 0.6) is 5.75 Å². The van der Waals surface area contributed by atoms with Crippen LogP contribution in [-0.2, 0) is 4.79 Å². The van der Waals surface area contributed by atoms with Crippen LogP contribution < -0.4 is 5.32 Å². The fraction of sp³-hybridized carbons (Fsp3) is 0.435. The molecule has 7 nitrogen and oxygen atoms in total. The summed E-state index contributed by atoms with van der Waals surface area (Å²) < 4.78 is 1.78. The maximum absolute atomic E-state index is 12.5. The Morgan fingerprint density at radius 3 is 2.83 bits per heavy atom. The van der Waals surface area contributed by atoms with Crippen LogP contribution in [0.25, 0.3) is 16.9 Å². The Kier molecular flexibility index (Phi) is 5.88. The van der Waals surface area contributed by atoms with Crippen LogP contribution in [0.1, 0.15) is 37.7 Å². The van der Waals surface area contributed by atoms with Crippen LogP contribution >= 0.6 is 0 Å². The smallest absolute Gasteiger partial charge is 0.225 e. The number of hydrogen-bond acceptors (Lipinski definition) is 5. The Morgan fingerprint density at radius 2 is 2.07 bits per heavy atom. The van der Waals surface area contributed by atoms with E-state index in [9.17, 15) is 9.90 Å². The van der Waals surface area contributed by atoms with Crippen molar-refractivity contribution in [2.24, 2.45) is 5.92 Å². The highest BCUT2D eigenvalue weighted by molar-refractivity contribution is 5.78. The quantitative estimate of drug-likeness (QED) is 0.581. The number of carbonyl (C=O) groups is 1. The summed E-state index contributed by atoms with van der Waals surface area (Å²) in [7, 11) is 1.90. The monoisotopic (exact) mass is 407 g/mol. The molecule has 0 unspecified atom stereocenters. The van der Waals surface area contributed by atoms with Crippen molar-refractivity contribution in [3.63, 3.8) is 0 Å². The third-order valence-electron chi connectivity index (χ3n) is 5.89. The molecular weight excluding hydrogens is 378 g/mol. The molecule has 2 heterocycles. The van der Waals surface area contributed by atoms with Crippen molar-refractivity contribution in [1.82, 2.24) is 19.5 Å². The molecule has 158 valence electrons. The van der Waals surface area contributed by atoms with Crippen molar-refractivity contribution in [3.8, 4) is 17.0 Å². The Labute approximate surface area is 176 Å². The third-order valence-corrected chi connectivity index (χ3v) is 5.89. The lowest BCUT2D eigenvalue weighted by Gasteiger charge is -2.21. The van der Waals surface area contributed by atoms with E-state index >= 15 is 0 Å². The van der Waals surface area contributed by atoms with E-state index in [1.54, 1.807) is 22.8 Å². The summed E-state index contributed by atoms with van der Waals surface area (Å²) in [6, 6.07) is 9.10. The van der Waals surface area contributed by atoms with Crippen LogP contribution in [0.2, 0.25) is 0 Å². The minimum atomic E-state index is 0.199. The Morgan fingerprint density at radius 1 is 1.30 bits per heavy atom. The largest absolute Gasteiger partial charge is 0.507 e. The molecule has 4 rings (SSSR count). The number of carbonyl (C=O) groups excluding carboxylic acids is 1. The van der Waals surface area contributed by atoms with Crippen LogP contribution in [0, 0.1) is 12.8 Å². The molecule has 1 saturated carbocycles. The van der Waals surface area contributed by atoms with Gasteiger partial charge in [-0.3, -0.25) is 4.79 Å². The van der Waals surface area contributed by atoms with Gasteiger partial charge in [-0.05, 0) is 38.3 Å². The number of benzene rings is 1. The zero-order valence-electron chi connectivity index (χ0n) is 17.6. The maximum Gasteiger partial charge on any atom is 0.225 e. The zero-order valence-corrected chi connectivity index (χ0v) is 17.6. The lowest BCUT2D eigenvalue weighted by Crippen LogP contribution is -2.33. The van der Waals surface area contributed by atoms with Crippen molar-refractivity contribution in [2.75, 3.05) is 25.5 Å². The van der Waals surface area contributed by atoms with Gasteiger partial charge >= 0.3 is 0 Å². The molecule has 1 aliphatic rings. The average molecular weight is 408 g/mol. The Balaban J connectivity index is 1.46. The summed E-state index contributed by atoms with van der Waals surface area (Å²) in [6.45, 7) is 3.40. The summed E-state index contributed by atoms with van der Waals surface area (Å²) in [5, 5.41) is 18.1. The normalized spacial score (nSPS) is 14.3.